The standard InChI is InChI=1S/C13H20N2O2S2/c1-10-14-11(8-19-10)7-18-9-13(17)15(5-6-16)12-3-2-4-12/h8,12,16H,2-7,9H2,1H3. The van der Waals surface area contributed by atoms with Crippen LogP contribution < -0.4 is 0 Å². The molecule has 2 rings (SSSR count). The summed E-state index contributed by atoms with van der Waals surface area (Å²) in [6, 6.07) is 0.363. The van der Waals surface area contributed by atoms with Gasteiger partial charge in [-0.3, -0.25) is 4.79 Å². The average molecular weight is 300 g/mol. The van der Waals surface area contributed by atoms with Gasteiger partial charge < -0.3 is 10.0 Å². The minimum Gasteiger partial charge on any atom is -0.395 e. The van der Waals surface area contributed by atoms with E-state index >= 15 is 0 Å². The first-order valence-electron chi connectivity index (χ1n) is 6.60. The highest BCUT2D eigenvalue weighted by Gasteiger charge is 2.27. The van der Waals surface area contributed by atoms with E-state index in [2.05, 4.69) is 4.98 Å². The molecule has 4 nitrogen and oxygen atoms in total. The highest BCUT2D eigenvalue weighted by Crippen LogP contribution is 2.25. The first-order valence-corrected chi connectivity index (χ1v) is 8.63. The lowest BCUT2D eigenvalue weighted by Gasteiger charge is -2.37. The molecular formula is C13H20N2O2S2. The average Bonchev–Trinajstić information content (AvgIpc) is 2.72. The van der Waals surface area contributed by atoms with Gasteiger partial charge in [0, 0.05) is 23.7 Å². The molecule has 0 spiro atoms. The SMILES string of the molecule is Cc1nc(CSCC(=O)N(CCO)C2CCC2)cs1. The van der Waals surface area contributed by atoms with Crippen molar-refractivity contribution in [1.29, 1.82) is 0 Å². The Labute approximate surface area is 122 Å². The number of carbonyl (C=O) groups excluding carboxylic acids is 1. The molecule has 0 aromatic carbocycles. The Hall–Kier alpha value is -0.590. The number of amides is 1. The summed E-state index contributed by atoms with van der Waals surface area (Å²) in [5, 5.41) is 12.2. The summed E-state index contributed by atoms with van der Waals surface area (Å²) in [6.07, 6.45) is 3.37. The zero-order valence-electron chi connectivity index (χ0n) is 11.2. The Morgan fingerprint density at radius 1 is 1.63 bits per heavy atom. The van der Waals surface area contributed by atoms with E-state index < -0.39 is 0 Å². The summed E-state index contributed by atoms with van der Waals surface area (Å²) >= 11 is 3.25. The third-order valence-electron chi connectivity index (χ3n) is 3.32. The van der Waals surface area contributed by atoms with Crippen LogP contribution in [0.1, 0.15) is 30.0 Å². The molecule has 1 amide bonds. The van der Waals surface area contributed by atoms with E-state index in [1.54, 1.807) is 23.1 Å². The number of thioether (sulfide) groups is 1. The molecular weight excluding hydrogens is 280 g/mol. The summed E-state index contributed by atoms with van der Waals surface area (Å²) in [4.78, 5) is 18.4. The van der Waals surface area contributed by atoms with Crippen LogP contribution in [0.4, 0.5) is 0 Å². The molecule has 0 saturated heterocycles. The van der Waals surface area contributed by atoms with E-state index in [1.807, 2.05) is 17.2 Å². The van der Waals surface area contributed by atoms with E-state index in [4.69, 9.17) is 5.11 Å². The highest BCUT2D eigenvalue weighted by molar-refractivity contribution is 7.99. The number of aliphatic hydroxyl groups is 1. The number of aliphatic hydroxyl groups excluding tert-OH is 1. The van der Waals surface area contributed by atoms with Crippen molar-refractivity contribution in [2.24, 2.45) is 0 Å². The molecule has 0 unspecified atom stereocenters. The highest BCUT2D eigenvalue weighted by atomic mass is 32.2. The van der Waals surface area contributed by atoms with Crippen molar-refractivity contribution in [3.8, 4) is 0 Å². The molecule has 1 aliphatic rings. The monoisotopic (exact) mass is 300 g/mol. The third-order valence-corrected chi connectivity index (χ3v) is 5.09. The summed E-state index contributed by atoms with van der Waals surface area (Å²) in [7, 11) is 0. The first-order chi connectivity index (χ1) is 9.20. The summed E-state index contributed by atoms with van der Waals surface area (Å²) < 4.78 is 0. The van der Waals surface area contributed by atoms with Gasteiger partial charge in [0.1, 0.15) is 0 Å². The van der Waals surface area contributed by atoms with E-state index in [1.165, 1.54) is 6.42 Å². The predicted molar refractivity (Wildman–Crippen MR) is 79.5 cm³/mol. The first kappa shape index (κ1) is 14.8. The second kappa shape index (κ2) is 7.26. The molecule has 0 radical (unpaired) electrons. The zero-order chi connectivity index (χ0) is 13.7. The quantitative estimate of drug-likeness (QED) is 0.837. The van der Waals surface area contributed by atoms with E-state index in [-0.39, 0.29) is 12.5 Å². The normalized spacial score (nSPS) is 15.3. The number of thiazole rings is 1. The molecule has 1 aromatic rings. The summed E-state index contributed by atoms with van der Waals surface area (Å²) in [5.41, 5.74) is 1.05. The molecule has 1 heterocycles. The van der Waals surface area contributed by atoms with Crippen LogP contribution >= 0.6 is 23.1 Å². The molecule has 1 N–H and O–H groups in total. The number of carbonyl (C=O) groups is 1. The van der Waals surface area contributed by atoms with Gasteiger partial charge in [0.25, 0.3) is 0 Å². The van der Waals surface area contributed by atoms with Crippen molar-refractivity contribution in [1.82, 2.24) is 9.88 Å². The number of nitrogens with zero attached hydrogens (tertiary/aromatic N) is 2. The van der Waals surface area contributed by atoms with Gasteiger partial charge in [-0.2, -0.15) is 0 Å². The van der Waals surface area contributed by atoms with Gasteiger partial charge in [-0.05, 0) is 26.2 Å². The Balaban J connectivity index is 1.75. The maximum atomic E-state index is 12.1. The lowest BCUT2D eigenvalue weighted by molar-refractivity contribution is -0.132. The lowest BCUT2D eigenvalue weighted by atomic mass is 9.91. The molecule has 1 fully saturated rings. The van der Waals surface area contributed by atoms with Crippen molar-refractivity contribution in [2.45, 2.75) is 38.0 Å². The van der Waals surface area contributed by atoms with Gasteiger partial charge in [0.2, 0.25) is 5.91 Å². The Morgan fingerprint density at radius 2 is 2.42 bits per heavy atom. The minimum absolute atomic E-state index is 0.0538. The smallest absolute Gasteiger partial charge is 0.232 e. The van der Waals surface area contributed by atoms with Crippen LogP contribution in [0.2, 0.25) is 0 Å². The number of aryl methyl sites for hydroxylation is 1. The fraction of sp³-hybridized carbons (Fsp3) is 0.692. The van der Waals surface area contributed by atoms with E-state index in [9.17, 15) is 4.79 Å². The van der Waals surface area contributed by atoms with Crippen molar-refractivity contribution < 1.29 is 9.90 Å². The second-order valence-corrected chi connectivity index (χ2v) is 6.79. The second-order valence-electron chi connectivity index (χ2n) is 4.75. The maximum Gasteiger partial charge on any atom is 0.232 e. The maximum absolute atomic E-state index is 12.1. The van der Waals surface area contributed by atoms with Gasteiger partial charge in [-0.1, -0.05) is 0 Å². The van der Waals surface area contributed by atoms with E-state index in [0.29, 0.717) is 18.3 Å². The minimum atomic E-state index is 0.0538. The fourth-order valence-corrected chi connectivity index (χ4v) is 3.63. The molecule has 1 saturated carbocycles. The molecule has 1 aromatic heterocycles. The number of aromatic nitrogens is 1. The topological polar surface area (TPSA) is 53.4 Å². The van der Waals surface area contributed by atoms with Crippen LogP contribution in [-0.4, -0.2) is 45.8 Å². The van der Waals surface area contributed by atoms with Gasteiger partial charge in [0.15, 0.2) is 0 Å². The van der Waals surface area contributed by atoms with Gasteiger partial charge in [-0.15, -0.1) is 23.1 Å². The number of hydrogen-bond acceptors (Lipinski definition) is 5. The van der Waals surface area contributed by atoms with Crippen LogP contribution in [0.25, 0.3) is 0 Å². The summed E-state index contributed by atoms with van der Waals surface area (Å²) in [6.45, 7) is 2.52. The number of rotatable bonds is 7. The Morgan fingerprint density at radius 3 is 2.95 bits per heavy atom. The lowest BCUT2D eigenvalue weighted by Crippen LogP contribution is -2.46. The fourth-order valence-electron chi connectivity index (χ4n) is 2.12. The van der Waals surface area contributed by atoms with Crippen LogP contribution in [0, 0.1) is 6.92 Å². The van der Waals surface area contributed by atoms with Gasteiger partial charge >= 0.3 is 0 Å². The molecule has 0 atom stereocenters. The predicted octanol–water partition coefficient (Wildman–Crippen LogP) is 2.06. The van der Waals surface area contributed by atoms with Crippen LogP contribution in [0.5, 0.6) is 0 Å². The molecule has 19 heavy (non-hydrogen) atoms. The number of hydrogen-bond donors (Lipinski definition) is 1. The van der Waals surface area contributed by atoms with Crippen molar-refractivity contribution >= 4 is 29.0 Å². The molecule has 6 heteroatoms. The van der Waals surface area contributed by atoms with Gasteiger partial charge in [0.05, 0.1) is 23.1 Å². The van der Waals surface area contributed by atoms with E-state index in [0.717, 1.165) is 29.3 Å². The zero-order valence-corrected chi connectivity index (χ0v) is 12.8. The van der Waals surface area contributed by atoms with Crippen LogP contribution in [-0.2, 0) is 10.5 Å². The summed E-state index contributed by atoms with van der Waals surface area (Å²) in [5.74, 6) is 1.41. The Bertz CT molecular complexity index is 419. The molecule has 0 bridgehead atoms. The molecule has 0 aliphatic heterocycles. The molecule has 1 aliphatic carbocycles. The van der Waals surface area contributed by atoms with Crippen LogP contribution in [0.3, 0.4) is 0 Å². The van der Waals surface area contributed by atoms with Gasteiger partial charge in [-0.25, -0.2) is 4.98 Å². The third kappa shape index (κ3) is 4.19. The Kier molecular flexibility index (Phi) is 5.66. The molecule has 106 valence electrons. The van der Waals surface area contributed by atoms with Crippen LogP contribution in [0.15, 0.2) is 5.38 Å². The van der Waals surface area contributed by atoms with Crippen molar-refractivity contribution in [3.63, 3.8) is 0 Å². The van der Waals surface area contributed by atoms with Crippen molar-refractivity contribution in [2.75, 3.05) is 18.9 Å². The van der Waals surface area contributed by atoms with Crippen molar-refractivity contribution in [3.05, 3.63) is 16.1 Å². The largest absolute Gasteiger partial charge is 0.395 e.